The van der Waals surface area contributed by atoms with Gasteiger partial charge in [0.2, 0.25) is 11.8 Å². The van der Waals surface area contributed by atoms with Crippen LogP contribution in [0.5, 0.6) is 0 Å². The number of hydrogen-bond acceptors (Lipinski definition) is 2. The van der Waals surface area contributed by atoms with E-state index in [0.29, 0.717) is 25.8 Å². The Morgan fingerprint density at radius 3 is 1.93 bits per heavy atom. The van der Waals surface area contributed by atoms with Gasteiger partial charge in [-0.15, -0.1) is 0 Å². The summed E-state index contributed by atoms with van der Waals surface area (Å²) in [5.74, 6) is -0.0378. The zero-order valence-corrected chi connectivity index (χ0v) is 17.2. The highest BCUT2D eigenvalue weighted by molar-refractivity contribution is 5.87. The van der Waals surface area contributed by atoms with Crippen molar-refractivity contribution in [2.75, 3.05) is 6.54 Å². The van der Waals surface area contributed by atoms with Crippen LogP contribution < -0.4 is 5.32 Å². The molecule has 0 saturated carbocycles. The van der Waals surface area contributed by atoms with Crippen molar-refractivity contribution in [3.05, 3.63) is 71.8 Å². The zero-order valence-electron chi connectivity index (χ0n) is 17.2. The summed E-state index contributed by atoms with van der Waals surface area (Å²) in [5, 5.41) is 2.97. The number of carbonyl (C=O) groups excluding carboxylic acids is 2. The lowest BCUT2D eigenvalue weighted by Crippen LogP contribution is -2.51. The molecule has 150 valence electrons. The van der Waals surface area contributed by atoms with Crippen LogP contribution in [0.1, 0.15) is 44.7 Å². The molecule has 0 aliphatic heterocycles. The molecule has 1 atom stereocenters. The van der Waals surface area contributed by atoms with E-state index < -0.39 is 6.04 Å². The van der Waals surface area contributed by atoms with Gasteiger partial charge in [0.25, 0.3) is 0 Å². The number of nitrogens with one attached hydrogen (secondary N) is 1. The second-order valence-corrected chi connectivity index (χ2v) is 7.40. The van der Waals surface area contributed by atoms with Gasteiger partial charge in [-0.1, -0.05) is 67.6 Å². The molecule has 2 amide bonds. The highest BCUT2D eigenvalue weighted by atomic mass is 16.2. The Morgan fingerprint density at radius 1 is 0.893 bits per heavy atom. The van der Waals surface area contributed by atoms with E-state index >= 15 is 0 Å². The second-order valence-electron chi connectivity index (χ2n) is 7.40. The number of carbonyl (C=O) groups is 2. The van der Waals surface area contributed by atoms with Gasteiger partial charge in [-0.05, 0) is 44.2 Å². The summed E-state index contributed by atoms with van der Waals surface area (Å²) in [4.78, 5) is 27.6. The molecule has 2 aromatic carbocycles. The molecule has 2 rings (SSSR count). The number of nitrogens with zero attached hydrogens (tertiary/aromatic N) is 1. The van der Waals surface area contributed by atoms with E-state index in [9.17, 15) is 9.59 Å². The minimum Gasteiger partial charge on any atom is -0.352 e. The van der Waals surface area contributed by atoms with Crippen molar-refractivity contribution in [2.45, 2.75) is 58.5 Å². The van der Waals surface area contributed by atoms with Crippen molar-refractivity contribution in [3.8, 4) is 0 Å². The SMILES string of the molecule is CC[C@@H](C(=O)NC(C)C)N(CCc1ccccc1)C(=O)CCc1ccccc1. The molecule has 0 aliphatic rings. The summed E-state index contributed by atoms with van der Waals surface area (Å²) in [6.45, 7) is 6.39. The van der Waals surface area contributed by atoms with E-state index in [1.54, 1.807) is 4.90 Å². The number of amides is 2. The molecular formula is C24H32N2O2. The molecule has 0 spiro atoms. The van der Waals surface area contributed by atoms with Gasteiger partial charge in [0.05, 0.1) is 0 Å². The number of rotatable bonds is 10. The molecule has 0 radical (unpaired) electrons. The maximum absolute atomic E-state index is 13.1. The van der Waals surface area contributed by atoms with Crippen molar-refractivity contribution in [2.24, 2.45) is 0 Å². The molecule has 0 saturated heterocycles. The van der Waals surface area contributed by atoms with Crippen LogP contribution in [-0.2, 0) is 22.4 Å². The van der Waals surface area contributed by atoms with Crippen LogP contribution in [0.2, 0.25) is 0 Å². The van der Waals surface area contributed by atoms with Gasteiger partial charge in [-0.25, -0.2) is 0 Å². The third-order valence-corrected chi connectivity index (χ3v) is 4.77. The molecule has 0 unspecified atom stereocenters. The van der Waals surface area contributed by atoms with Crippen molar-refractivity contribution >= 4 is 11.8 Å². The molecule has 1 N–H and O–H groups in total. The summed E-state index contributed by atoms with van der Waals surface area (Å²) < 4.78 is 0. The topological polar surface area (TPSA) is 49.4 Å². The first-order valence-electron chi connectivity index (χ1n) is 10.2. The molecular weight excluding hydrogens is 348 g/mol. The van der Waals surface area contributed by atoms with Crippen LogP contribution in [0.15, 0.2) is 60.7 Å². The van der Waals surface area contributed by atoms with Gasteiger partial charge in [-0.3, -0.25) is 9.59 Å². The van der Waals surface area contributed by atoms with Gasteiger partial charge < -0.3 is 10.2 Å². The van der Waals surface area contributed by atoms with Crippen LogP contribution in [0, 0.1) is 0 Å². The molecule has 0 heterocycles. The monoisotopic (exact) mass is 380 g/mol. The fraction of sp³-hybridized carbons (Fsp3) is 0.417. The Hall–Kier alpha value is -2.62. The second kappa shape index (κ2) is 11.3. The van der Waals surface area contributed by atoms with Gasteiger partial charge in [-0.2, -0.15) is 0 Å². The fourth-order valence-corrected chi connectivity index (χ4v) is 3.32. The van der Waals surface area contributed by atoms with Gasteiger partial charge in [0.1, 0.15) is 6.04 Å². The predicted molar refractivity (Wildman–Crippen MR) is 114 cm³/mol. The summed E-state index contributed by atoms with van der Waals surface area (Å²) in [6, 6.07) is 19.7. The maximum atomic E-state index is 13.1. The Labute approximate surface area is 169 Å². The number of benzene rings is 2. The first-order valence-corrected chi connectivity index (χ1v) is 10.2. The largest absolute Gasteiger partial charge is 0.352 e. The van der Waals surface area contributed by atoms with E-state index in [4.69, 9.17) is 0 Å². The van der Waals surface area contributed by atoms with Crippen LogP contribution in [0.25, 0.3) is 0 Å². The summed E-state index contributed by atoms with van der Waals surface area (Å²) in [6.07, 6.45) is 2.43. The smallest absolute Gasteiger partial charge is 0.242 e. The van der Waals surface area contributed by atoms with Crippen molar-refractivity contribution in [1.82, 2.24) is 10.2 Å². The van der Waals surface area contributed by atoms with E-state index in [1.165, 1.54) is 5.56 Å². The molecule has 4 heteroatoms. The van der Waals surface area contributed by atoms with Gasteiger partial charge in [0, 0.05) is 19.0 Å². The molecule has 0 aliphatic carbocycles. The van der Waals surface area contributed by atoms with Crippen molar-refractivity contribution in [1.29, 1.82) is 0 Å². The average molecular weight is 381 g/mol. The minimum atomic E-state index is -0.436. The summed E-state index contributed by atoms with van der Waals surface area (Å²) in [7, 11) is 0. The lowest BCUT2D eigenvalue weighted by molar-refractivity contribution is -0.140. The molecule has 28 heavy (non-hydrogen) atoms. The first kappa shape index (κ1) is 21.7. The van der Waals surface area contributed by atoms with Gasteiger partial charge in [0.15, 0.2) is 0 Å². The normalized spacial score (nSPS) is 11.9. The molecule has 0 aromatic heterocycles. The lowest BCUT2D eigenvalue weighted by Gasteiger charge is -2.31. The minimum absolute atomic E-state index is 0.0329. The summed E-state index contributed by atoms with van der Waals surface area (Å²) in [5.41, 5.74) is 2.31. The number of hydrogen-bond donors (Lipinski definition) is 1. The van der Waals surface area contributed by atoms with Crippen LogP contribution in [0.4, 0.5) is 0 Å². The molecule has 2 aromatic rings. The van der Waals surface area contributed by atoms with E-state index in [0.717, 1.165) is 12.0 Å². The van der Waals surface area contributed by atoms with Crippen LogP contribution in [0.3, 0.4) is 0 Å². The predicted octanol–water partition coefficient (Wildman–Crippen LogP) is 3.99. The Bertz CT molecular complexity index is 729. The third kappa shape index (κ3) is 6.84. The molecule has 0 bridgehead atoms. The fourth-order valence-electron chi connectivity index (χ4n) is 3.32. The zero-order chi connectivity index (χ0) is 20.4. The average Bonchev–Trinajstić information content (AvgIpc) is 2.70. The Morgan fingerprint density at radius 2 is 1.43 bits per heavy atom. The maximum Gasteiger partial charge on any atom is 0.242 e. The van der Waals surface area contributed by atoms with Crippen LogP contribution in [-0.4, -0.2) is 35.3 Å². The van der Waals surface area contributed by atoms with Crippen molar-refractivity contribution in [3.63, 3.8) is 0 Å². The quantitative estimate of drug-likeness (QED) is 0.677. The Kier molecular flexibility index (Phi) is 8.73. The Balaban J connectivity index is 2.10. The van der Waals surface area contributed by atoms with Crippen molar-refractivity contribution < 1.29 is 9.59 Å². The standard InChI is InChI=1S/C24H32N2O2/c1-4-22(24(28)25-19(2)3)26(18-17-21-13-9-6-10-14-21)23(27)16-15-20-11-7-5-8-12-20/h5-14,19,22H,4,15-18H2,1-3H3,(H,25,28)/t22-/m0/s1. The van der Waals surface area contributed by atoms with E-state index in [1.807, 2.05) is 69.3 Å². The highest BCUT2D eigenvalue weighted by Gasteiger charge is 2.28. The lowest BCUT2D eigenvalue weighted by atomic mass is 10.1. The van der Waals surface area contributed by atoms with Crippen LogP contribution >= 0.6 is 0 Å². The van der Waals surface area contributed by atoms with E-state index in [2.05, 4.69) is 17.4 Å². The first-order chi connectivity index (χ1) is 13.5. The molecule has 0 fully saturated rings. The van der Waals surface area contributed by atoms with Gasteiger partial charge >= 0.3 is 0 Å². The van der Waals surface area contributed by atoms with E-state index in [-0.39, 0.29) is 17.9 Å². The number of aryl methyl sites for hydroxylation is 1. The summed E-state index contributed by atoms with van der Waals surface area (Å²) >= 11 is 0. The highest BCUT2D eigenvalue weighted by Crippen LogP contribution is 2.13. The third-order valence-electron chi connectivity index (χ3n) is 4.77. The molecule has 4 nitrogen and oxygen atoms in total.